The Morgan fingerprint density at radius 2 is 1.96 bits per heavy atom. The second-order valence-electron chi connectivity index (χ2n) is 5.43. The normalized spacial score (nSPS) is 10.3. The monoisotopic (exact) mass is 386 g/mol. The van der Waals surface area contributed by atoms with Crippen molar-refractivity contribution in [1.82, 2.24) is 4.98 Å². The first-order valence-electron chi connectivity index (χ1n) is 7.80. The summed E-state index contributed by atoms with van der Waals surface area (Å²) in [5, 5.41) is 3.90. The van der Waals surface area contributed by atoms with Crippen LogP contribution in [0.3, 0.4) is 0 Å². The summed E-state index contributed by atoms with van der Waals surface area (Å²) >= 11 is 7.28. The number of ether oxygens (including phenoxy) is 1. The van der Waals surface area contributed by atoms with Gasteiger partial charge >= 0.3 is 0 Å². The lowest BCUT2D eigenvalue weighted by Gasteiger charge is -2.07. The second-order valence-corrected chi connectivity index (χ2v) is 6.98. The molecule has 1 N–H and O–H groups in total. The van der Waals surface area contributed by atoms with E-state index in [4.69, 9.17) is 16.3 Å². The molecule has 132 valence electrons. The third-order valence-electron chi connectivity index (χ3n) is 3.50. The number of nitrogens with one attached hydrogen (secondary N) is 1. The van der Waals surface area contributed by atoms with Gasteiger partial charge in [-0.2, -0.15) is 0 Å². The van der Waals surface area contributed by atoms with Crippen LogP contribution in [0, 0.1) is 0 Å². The van der Waals surface area contributed by atoms with Crippen LogP contribution in [-0.2, 0) is 11.2 Å². The van der Waals surface area contributed by atoms with Crippen LogP contribution in [0.15, 0.2) is 54.7 Å². The number of nitrogens with zero attached hydrogens (tertiary/aromatic N) is 1. The molecule has 3 aromatic rings. The third-order valence-corrected chi connectivity index (χ3v) is 4.66. The molecule has 0 aliphatic carbocycles. The Bertz CT molecular complexity index is 909. The molecule has 7 heteroatoms. The average molecular weight is 387 g/mol. The lowest BCUT2D eigenvalue weighted by Crippen LogP contribution is -2.20. The number of hydrogen-bond donors (Lipinski definition) is 1. The Balaban J connectivity index is 1.54. The largest absolute Gasteiger partial charge is 0.483 e. The summed E-state index contributed by atoms with van der Waals surface area (Å²) in [6.45, 7) is -0.197. The molecular weight excluding hydrogens is 372 g/mol. The van der Waals surface area contributed by atoms with Crippen molar-refractivity contribution >= 4 is 40.3 Å². The number of benzene rings is 2. The van der Waals surface area contributed by atoms with Gasteiger partial charge in [0.05, 0.1) is 5.56 Å². The van der Waals surface area contributed by atoms with Crippen LogP contribution in [0.2, 0.25) is 5.02 Å². The van der Waals surface area contributed by atoms with Gasteiger partial charge in [0, 0.05) is 22.5 Å². The van der Waals surface area contributed by atoms with Crippen molar-refractivity contribution in [2.45, 2.75) is 6.42 Å². The Labute approximate surface area is 159 Å². The molecule has 0 atom stereocenters. The Morgan fingerprint density at radius 1 is 1.19 bits per heavy atom. The summed E-state index contributed by atoms with van der Waals surface area (Å²) < 4.78 is 5.40. The number of thiazole rings is 1. The molecule has 0 unspecified atom stereocenters. The summed E-state index contributed by atoms with van der Waals surface area (Å²) in [5.74, 6) is 0.0401. The number of para-hydroxylation sites is 1. The van der Waals surface area contributed by atoms with E-state index in [2.05, 4.69) is 10.3 Å². The number of carbonyl (C=O) groups is 2. The highest BCUT2D eigenvalue weighted by Gasteiger charge is 2.09. The molecule has 0 aliphatic rings. The van der Waals surface area contributed by atoms with Crippen molar-refractivity contribution in [3.05, 3.63) is 75.8 Å². The second kappa shape index (κ2) is 8.60. The Hall–Kier alpha value is -2.70. The molecule has 0 saturated carbocycles. The summed E-state index contributed by atoms with van der Waals surface area (Å²) in [5.41, 5.74) is 1.52. The first-order valence-corrected chi connectivity index (χ1v) is 8.99. The maximum absolute atomic E-state index is 12.0. The van der Waals surface area contributed by atoms with Crippen molar-refractivity contribution in [3.8, 4) is 5.75 Å². The van der Waals surface area contributed by atoms with E-state index in [0.717, 1.165) is 10.4 Å². The van der Waals surface area contributed by atoms with E-state index in [1.54, 1.807) is 30.5 Å². The molecule has 0 aliphatic heterocycles. The van der Waals surface area contributed by atoms with Gasteiger partial charge in [-0.15, -0.1) is 11.3 Å². The standard InChI is InChI=1S/C19H15ClN2O3S/c20-15-7-5-13(6-8-15)9-16-10-21-19(26-16)22-18(24)12-25-17-4-2-1-3-14(17)11-23/h1-8,10-11H,9,12H2,(H,21,22,24). The minimum Gasteiger partial charge on any atom is -0.483 e. The quantitative estimate of drug-likeness (QED) is 0.617. The summed E-state index contributed by atoms with van der Waals surface area (Å²) in [4.78, 5) is 28.2. The van der Waals surface area contributed by atoms with E-state index in [1.165, 1.54) is 11.3 Å². The lowest BCUT2D eigenvalue weighted by molar-refractivity contribution is -0.118. The van der Waals surface area contributed by atoms with E-state index in [9.17, 15) is 9.59 Å². The number of carbonyl (C=O) groups excluding carboxylic acids is 2. The number of aromatic nitrogens is 1. The van der Waals surface area contributed by atoms with Gasteiger partial charge in [0.15, 0.2) is 18.0 Å². The number of amides is 1. The molecule has 1 amide bonds. The number of anilines is 1. The molecule has 26 heavy (non-hydrogen) atoms. The minimum atomic E-state index is -0.335. The topological polar surface area (TPSA) is 68.3 Å². The molecule has 0 bridgehead atoms. The molecule has 1 heterocycles. The van der Waals surface area contributed by atoms with Crippen LogP contribution in [0.5, 0.6) is 5.75 Å². The predicted molar refractivity (Wildman–Crippen MR) is 102 cm³/mol. The Morgan fingerprint density at radius 3 is 2.73 bits per heavy atom. The zero-order valence-corrected chi connectivity index (χ0v) is 15.2. The molecule has 3 rings (SSSR count). The zero-order valence-electron chi connectivity index (χ0n) is 13.6. The van der Waals surface area contributed by atoms with Gasteiger partial charge in [-0.3, -0.25) is 14.9 Å². The van der Waals surface area contributed by atoms with E-state index in [0.29, 0.717) is 34.2 Å². The molecule has 0 radical (unpaired) electrons. The highest BCUT2D eigenvalue weighted by molar-refractivity contribution is 7.15. The summed E-state index contributed by atoms with van der Waals surface area (Å²) in [6, 6.07) is 14.3. The van der Waals surface area contributed by atoms with Crippen LogP contribution in [0.1, 0.15) is 20.8 Å². The summed E-state index contributed by atoms with van der Waals surface area (Å²) in [6.07, 6.45) is 3.14. The van der Waals surface area contributed by atoms with E-state index < -0.39 is 0 Å². The number of hydrogen-bond acceptors (Lipinski definition) is 5. The van der Waals surface area contributed by atoms with Gasteiger partial charge in [-0.05, 0) is 29.8 Å². The van der Waals surface area contributed by atoms with Gasteiger partial charge in [-0.25, -0.2) is 4.98 Å². The fraction of sp³-hybridized carbons (Fsp3) is 0.105. The van der Waals surface area contributed by atoms with Crippen LogP contribution in [0.4, 0.5) is 5.13 Å². The molecular formula is C19H15ClN2O3S. The van der Waals surface area contributed by atoms with E-state index >= 15 is 0 Å². The molecule has 2 aromatic carbocycles. The zero-order chi connectivity index (χ0) is 18.4. The van der Waals surface area contributed by atoms with Crippen molar-refractivity contribution in [2.75, 3.05) is 11.9 Å². The van der Waals surface area contributed by atoms with E-state index in [1.807, 2.05) is 24.3 Å². The van der Waals surface area contributed by atoms with Crippen LogP contribution >= 0.6 is 22.9 Å². The number of halogens is 1. The molecule has 0 fully saturated rings. The van der Waals surface area contributed by atoms with Crippen LogP contribution in [0.25, 0.3) is 0 Å². The summed E-state index contributed by atoms with van der Waals surface area (Å²) in [7, 11) is 0. The number of rotatable bonds is 7. The molecule has 1 aromatic heterocycles. The maximum Gasteiger partial charge on any atom is 0.264 e. The fourth-order valence-electron chi connectivity index (χ4n) is 2.26. The maximum atomic E-state index is 12.0. The molecule has 0 spiro atoms. The Kier molecular flexibility index (Phi) is 5.99. The lowest BCUT2D eigenvalue weighted by atomic mass is 10.1. The average Bonchev–Trinajstić information content (AvgIpc) is 3.09. The first-order chi connectivity index (χ1) is 12.6. The molecule has 0 saturated heterocycles. The first kappa shape index (κ1) is 18.1. The van der Waals surface area contributed by atoms with Crippen molar-refractivity contribution in [1.29, 1.82) is 0 Å². The van der Waals surface area contributed by atoms with Gasteiger partial charge in [0.2, 0.25) is 0 Å². The minimum absolute atomic E-state index is 0.197. The van der Waals surface area contributed by atoms with Gasteiger partial charge in [0.1, 0.15) is 5.75 Å². The van der Waals surface area contributed by atoms with Crippen molar-refractivity contribution in [3.63, 3.8) is 0 Å². The van der Waals surface area contributed by atoms with E-state index in [-0.39, 0.29) is 12.5 Å². The van der Waals surface area contributed by atoms with Gasteiger partial charge in [-0.1, -0.05) is 35.9 Å². The smallest absolute Gasteiger partial charge is 0.264 e. The van der Waals surface area contributed by atoms with Gasteiger partial charge in [0.25, 0.3) is 5.91 Å². The number of aldehydes is 1. The third kappa shape index (κ3) is 4.91. The van der Waals surface area contributed by atoms with Crippen molar-refractivity contribution in [2.24, 2.45) is 0 Å². The van der Waals surface area contributed by atoms with Crippen LogP contribution in [-0.4, -0.2) is 23.8 Å². The highest BCUT2D eigenvalue weighted by atomic mass is 35.5. The highest BCUT2D eigenvalue weighted by Crippen LogP contribution is 2.22. The SMILES string of the molecule is O=Cc1ccccc1OCC(=O)Nc1ncc(Cc2ccc(Cl)cc2)s1. The fourth-order valence-corrected chi connectivity index (χ4v) is 3.25. The van der Waals surface area contributed by atoms with Crippen LogP contribution < -0.4 is 10.1 Å². The predicted octanol–water partition coefficient (Wildman–Crippen LogP) is 4.22. The molecule has 5 nitrogen and oxygen atoms in total. The van der Waals surface area contributed by atoms with Crippen molar-refractivity contribution < 1.29 is 14.3 Å². The van der Waals surface area contributed by atoms with Gasteiger partial charge < -0.3 is 4.74 Å².